The zero-order valence-electron chi connectivity index (χ0n) is 12.1. The average molecular weight is 398 g/mol. The van der Waals surface area contributed by atoms with E-state index in [-0.39, 0.29) is 16.2 Å². The van der Waals surface area contributed by atoms with E-state index in [9.17, 15) is 18.0 Å². The third-order valence-corrected chi connectivity index (χ3v) is 4.88. The maximum atomic E-state index is 12.1. The predicted molar refractivity (Wildman–Crippen MR) is 87.6 cm³/mol. The van der Waals surface area contributed by atoms with Crippen molar-refractivity contribution >= 4 is 51.4 Å². The van der Waals surface area contributed by atoms with Gasteiger partial charge in [-0.25, -0.2) is 4.98 Å². The van der Waals surface area contributed by atoms with Gasteiger partial charge >= 0.3 is 6.18 Å². The van der Waals surface area contributed by atoms with Crippen LogP contribution in [0, 0.1) is 0 Å². The normalized spacial score (nSPS) is 12.7. The standard InChI is InChI=1S/C12H11ClF3N5OS2/c1-6(9(22)19-7-3-2-4-17-8(7)13)23-11-21-20-10(24-11)18-5-12(14,15)16/h2-4,6H,5H2,1H3,(H,18,20)(H,19,22). The Morgan fingerprint density at radius 1 is 1.46 bits per heavy atom. The van der Waals surface area contributed by atoms with Crippen LogP contribution in [0.3, 0.4) is 0 Å². The summed E-state index contributed by atoms with van der Waals surface area (Å²) in [6.07, 6.45) is -2.85. The summed E-state index contributed by atoms with van der Waals surface area (Å²) in [6, 6.07) is 3.23. The van der Waals surface area contributed by atoms with Crippen molar-refractivity contribution in [3.8, 4) is 0 Å². The molecule has 0 aromatic carbocycles. The Hall–Kier alpha value is -1.59. The number of hydrogen-bond acceptors (Lipinski definition) is 7. The highest BCUT2D eigenvalue weighted by Gasteiger charge is 2.27. The fourth-order valence-electron chi connectivity index (χ4n) is 1.42. The Balaban J connectivity index is 1.90. The van der Waals surface area contributed by atoms with Gasteiger partial charge in [-0.2, -0.15) is 13.2 Å². The summed E-state index contributed by atoms with van der Waals surface area (Å²) in [5.74, 6) is -0.338. The average Bonchev–Trinajstić information content (AvgIpc) is 2.94. The van der Waals surface area contributed by atoms with Crippen LogP contribution in [0.15, 0.2) is 22.7 Å². The van der Waals surface area contributed by atoms with E-state index in [1.54, 1.807) is 19.1 Å². The van der Waals surface area contributed by atoms with Crippen molar-refractivity contribution in [2.75, 3.05) is 17.2 Å². The molecule has 0 spiro atoms. The van der Waals surface area contributed by atoms with Crippen molar-refractivity contribution < 1.29 is 18.0 Å². The number of pyridine rings is 1. The molecule has 1 atom stereocenters. The molecule has 6 nitrogen and oxygen atoms in total. The lowest BCUT2D eigenvalue weighted by molar-refractivity contribution is -0.116. The number of nitrogens with one attached hydrogen (secondary N) is 2. The maximum Gasteiger partial charge on any atom is 0.405 e. The molecule has 130 valence electrons. The summed E-state index contributed by atoms with van der Waals surface area (Å²) < 4.78 is 36.7. The van der Waals surface area contributed by atoms with Gasteiger partial charge in [0.1, 0.15) is 6.54 Å². The van der Waals surface area contributed by atoms with Crippen LogP contribution in [0.2, 0.25) is 5.15 Å². The molecule has 1 amide bonds. The predicted octanol–water partition coefficient (Wildman–Crippen LogP) is 3.68. The van der Waals surface area contributed by atoms with Gasteiger partial charge in [-0.15, -0.1) is 10.2 Å². The number of rotatable bonds is 6. The second-order valence-corrected chi connectivity index (χ2v) is 7.36. The summed E-state index contributed by atoms with van der Waals surface area (Å²) in [5.41, 5.74) is 0.376. The molecule has 0 radical (unpaired) electrons. The number of amides is 1. The second kappa shape index (κ2) is 7.99. The van der Waals surface area contributed by atoms with Gasteiger partial charge in [0.25, 0.3) is 0 Å². The second-order valence-electron chi connectivity index (χ2n) is 4.43. The topological polar surface area (TPSA) is 79.8 Å². The minimum Gasteiger partial charge on any atom is -0.351 e. The van der Waals surface area contributed by atoms with E-state index in [1.807, 2.05) is 0 Å². The van der Waals surface area contributed by atoms with E-state index in [4.69, 9.17) is 11.6 Å². The Labute approximate surface area is 148 Å². The first-order valence-electron chi connectivity index (χ1n) is 6.47. The van der Waals surface area contributed by atoms with Crippen LogP contribution >= 0.6 is 34.7 Å². The molecule has 2 N–H and O–H groups in total. The Morgan fingerprint density at radius 3 is 2.88 bits per heavy atom. The van der Waals surface area contributed by atoms with Gasteiger partial charge in [0.2, 0.25) is 11.0 Å². The number of anilines is 2. The molecule has 1 unspecified atom stereocenters. The highest BCUT2D eigenvalue weighted by molar-refractivity contribution is 8.02. The molecule has 2 aromatic rings. The number of hydrogen-bond donors (Lipinski definition) is 2. The van der Waals surface area contributed by atoms with Gasteiger partial charge in [0, 0.05) is 6.20 Å². The quantitative estimate of drug-likeness (QED) is 0.571. The zero-order valence-corrected chi connectivity index (χ0v) is 14.5. The van der Waals surface area contributed by atoms with Crippen LogP contribution in [0.25, 0.3) is 0 Å². The maximum absolute atomic E-state index is 12.1. The highest BCUT2D eigenvalue weighted by Crippen LogP contribution is 2.30. The van der Waals surface area contributed by atoms with Crippen LogP contribution in [0.1, 0.15) is 6.92 Å². The van der Waals surface area contributed by atoms with E-state index in [0.717, 1.165) is 23.1 Å². The smallest absolute Gasteiger partial charge is 0.351 e. The van der Waals surface area contributed by atoms with Crippen molar-refractivity contribution in [3.05, 3.63) is 23.5 Å². The third-order valence-electron chi connectivity index (χ3n) is 2.51. The van der Waals surface area contributed by atoms with Gasteiger partial charge in [-0.1, -0.05) is 34.7 Å². The van der Waals surface area contributed by atoms with Crippen LogP contribution in [-0.4, -0.2) is 39.1 Å². The van der Waals surface area contributed by atoms with Crippen molar-refractivity contribution in [1.29, 1.82) is 0 Å². The molecule has 0 aliphatic heterocycles. The molecule has 24 heavy (non-hydrogen) atoms. The molecule has 0 saturated carbocycles. The third kappa shape index (κ3) is 5.80. The van der Waals surface area contributed by atoms with E-state index in [0.29, 0.717) is 10.0 Å². The molecule has 2 heterocycles. The summed E-state index contributed by atoms with van der Waals surface area (Å²) in [5, 5.41) is 11.8. The summed E-state index contributed by atoms with van der Waals surface area (Å²) in [6.45, 7) is 0.441. The van der Waals surface area contributed by atoms with E-state index < -0.39 is 18.0 Å². The molecular weight excluding hydrogens is 387 g/mol. The number of thioether (sulfide) groups is 1. The minimum atomic E-state index is -4.34. The van der Waals surface area contributed by atoms with Crippen LogP contribution < -0.4 is 10.6 Å². The molecule has 0 bridgehead atoms. The molecule has 0 saturated heterocycles. The van der Waals surface area contributed by atoms with E-state index >= 15 is 0 Å². The first kappa shape index (κ1) is 18.7. The minimum absolute atomic E-state index is 0.0396. The Bertz CT molecular complexity index is 712. The SMILES string of the molecule is CC(Sc1nnc(NCC(F)(F)F)s1)C(=O)Nc1cccnc1Cl. The van der Waals surface area contributed by atoms with Crippen molar-refractivity contribution in [3.63, 3.8) is 0 Å². The fourth-order valence-corrected chi connectivity index (χ4v) is 3.48. The molecule has 0 fully saturated rings. The fraction of sp³-hybridized carbons (Fsp3) is 0.333. The number of carbonyl (C=O) groups excluding carboxylic acids is 1. The lowest BCUT2D eigenvalue weighted by Gasteiger charge is -2.10. The molecular formula is C12H11ClF3N5OS2. The molecule has 0 aliphatic rings. The summed E-state index contributed by atoms with van der Waals surface area (Å²) >= 11 is 7.87. The lowest BCUT2D eigenvalue weighted by Crippen LogP contribution is -2.22. The van der Waals surface area contributed by atoms with Gasteiger partial charge in [0.05, 0.1) is 10.9 Å². The molecule has 2 aromatic heterocycles. The monoisotopic (exact) mass is 397 g/mol. The van der Waals surface area contributed by atoms with Crippen LogP contribution in [-0.2, 0) is 4.79 Å². The van der Waals surface area contributed by atoms with Gasteiger partial charge in [0.15, 0.2) is 9.49 Å². The number of carbonyl (C=O) groups is 1. The number of halogens is 4. The lowest BCUT2D eigenvalue weighted by atomic mass is 10.4. The van der Waals surface area contributed by atoms with Crippen molar-refractivity contribution in [2.45, 2.75) is 22.7 Å². The highest BCUT2D eigenvalue weighted by atomic mass is 35.5. The van der Waals surface area contributed by atoms with Crippen LogP contribution in [0.4, 0.5) is 24.0 Å². The zero-order chi connectivity index (χ0) is 17.7. The number of alkyl halides is 3. The van der Waals surface area contributed by atoms with E-state index in [1.165, 1.54) is 6.20 Å². The first-order chi connectivity index (χ1) is 11.2. The van der Waals surface area contributed by atoms with Gasteiger partial charge < -0.3 is 10.6 Å². The molecule has 2 rings (SSSR count). The number of aromatic nitrogens is 3. The Kier molecular flexibility index (Phi) is 6.24. The van der Waals surface area contributed by atoms with E-state index in [2.05, 4.69) is 25.8 Å². The first-order valence-corrected chi connectivity index (χ1v) is 8.54. The molecule has 12 heteroatoms. The van der Waals surface area contributed by atoms with Crippen molar-refractivity contribution in [2.24, 2.45) is 0 Å². The largest absolute Gasteiger partial charge is 0.405 e. The molecule has 0 aliphatic carbocycles. The van der Waals surface area contributed by atoms with Gasteiger partial charge in [-0.3, -0.25) is 4.79 Å². The summed E-state index contributed by atoms with van der Waals surface area (Å²) in [7, 11) is 0. The van der Waals surface area contributed by atoms with Crippen LogP contribution in [0.5, 0.6) is 0 Å². The Morgan fingerprint density at radius 2 is 2.21 bits per heavy atom. The van der Waals surface area contributed by atoms with Gasteiger partial charge in [-0.05, 0) is 19.1 Å². The summed E-state index contributed by atoms with van der Waals surface area (Å²) in [4.78, 5) is 15.9. The van der Waals surface area contributed by atoms with Crippen molar-refractivity contribution in [1.82, 2.24) is 15.2 Å². The number of nitrogens with zero attached hydrogens (tertiary/aromatic N) is 3.